The van der Waals surface area contributed by atoms with Crippen molar-refractivity contribution in [3.8, 4) is 22.4 Å². The normalized spacial score (nSPS) is 11.9. The maximum absolute atomic E-state index is 12.7. The van der Waals surface area contributed by atoms with E-state index < -0.39 is 10.0 Å². The molecule has 37 heavy (non-hydrogen) atoms. The molecule has 3 aromatic heterocycles. The quantitative estimate of drug-likeness (QED) is 0.330. The van der Waals surface area contributed by atoms with Crippen LogP contribution in [0.3, 0.4) is 0 Å². The standard InChI is InChI=1S/C28H29N5O3S/c1-6-25-31-26-16(2)13-17(3)30-28(26)33(25)15-20-7-9-21(10-8-20)23-14-22(24-11-12-36-32-24)18(4)19(5)27(23)37(29,34)35/h7-14H,6,15H2,1-5H3,(H2,29,34,35). The molecule has 0 radical (unpaired) electrons. The average Bonchev–Trinajstić information content (AvgIpc) is 3.49. The summed E-state index contributed by atoms with van der Waals surface area (Å²) < 4.78 is 32.5. The highest BCUT2D eigenvalue weighted by atomic mass is 32.2. The summed E-state index contributed by atoms with van der Waals surface area (Å²) in [5.41, 5.74) is 9.01. The number of hydrogen-bond donors (Lipinski definition) is 1. The highest BCUT2D eigenvalue weighted by Crippen LogP contribution is 2.37. The van der Waals surface area contributed by atoms with Gasteiger partial charge < -0.3 is 9.09 Å². The number of fused-ring (bicyclic) bond motifs is 1. The van der Waals surface area contributed by atoms with Gasteiger partial charge in [0.2, 0.25) is 10.0 Å². The summed E-state index contributed by atoms with van der Waals surface area (Å²) in [5.74, 6) is 0.975. The van der Waals surface area contributed by atoms with E-state index in [1.165, 1.54) is 6.26 Å². The minimum atomic E-state index is -3.98. The van der Waals surface area contributed by atoms with E-state index in [4.69, 9.17) is 19.6 Å². The second-order valence-electron chi connectivity index (χ2n) is 9.40. The monoisotopic (exact) mass is 515 g/mol. The van der Waals surface area contributed by atoms with Crippen molar-refractivity contribution in [1.29, 1.82) is 0 Å². The van der Waals surface area contributed by atoms with Gasteiger partial charge in [-0.3, -0.25) is 0 Å². The van der Waals surface area contributed by atoms with E-state index in [2.05, 4.69) is 23.6 Å². The Balaban J connectivity index is 1.60. The first-order chi connectivity index (χ1) is 17.6. The molecule has 0 saturated heterocycles. The zero-order valence-electron chi connectivity index (χ0n) is 21.5. The molecule has 0 amide bonds. The summed E-state index contributed by atoms with van der Waals surface area (Å²) in [4.78, 5) is 9.71. The Morgan fingerprint density at radius 1 is 0.946 bits per heavy atom. The lowest BCUT2D eigenvalue weighted by Gasteiger charge is -2.17. The van der Waals surface area contributed by atoms with Crippen LogP contribution in [-0.2, 0) is 23.0 Å². The van der Waals surface area contributed by atoms with Crippen molar-refractivity contribution < 1.29 is 12.9 Å². The lowest BCUT2D eigenvalue weighted by atomic mass is 9.93. The van der Waals surface area contributed by atoms with Crippen LogP contribution in [0.4, 0.5) is 0 Å². The molecule has 0 aliphatic heterocycles. The van der Waals surface area contributed by atoms with Gasteiger partial charge in [-0.2, -0.15) is 0 Å². The third kappa shape index (κ3) is 4.45. The molecule has 190 valence electrons. The number of nitrogens with zero attached hydrogens (tertiary/aromatic N) is 4. The van der Waals surface area contributed by atoms with E-state index in [9.17, 15) is 8.42 Å². The number of hydrogen-bond acceptors (Lipinski definition) is 6. The molecule has 0 spiro atoms. The average molecular weight is 516 g/mol. The van der Waals surface area contributed by atoms with Crippen LogP contribution in [0.15, 0.2) is 58.1 Å². The van der Waals surface area contributed by atoms with E-state index in [1.807, 2.05) is 50.2 Å². The van der Waals surface area contributed by atoms with Crippen LogP contribution >= 0.6 is 0 Å². The second kappa shape index (κ2) is 9.24. The van der Waals surface area contributed by atoms with Crippen LogP contribution in [0.5, 0.6) is 0 Å². The van der Waals surface area contributed by atoms with Crippen LogP contribution in [0, 0.1) is 27.7 Å². The third-order valence-electron chi connectivity index (χ3n) is 6.86. The van der Waals surface area contributed by atoms with Gasteiger partial charge in [0.05, 0.1) is 11.4 Å². The van der Waals surface area contributed by atoms with E-state index in [0.29, 0.717) is 23.4 Å². The number of sulfonamides is 1. The highest BCUT2D eigenvalue weighted by Gasteiger charge is 2.23. The maximum atomic E-state index is 12.7. The molecule has 0 fully saturated rings. The van der Waals surface area contributed by atoms with Crippen molar-refractivity contribution in [3.63, 3.8) is 0 Å². The van der Waals surface area contributed by atoms with Gasteiger partial charge in [-0.05, 0) is 67.6 Å². The fourth-order valence-corrected chi connectivity index (χ4v) is 6.01. The largest absolute Gasteiger partial charge is 0.364 e. The summed E-state index contributed by atoms with van der Waals surface area (Å²) in [6, 6.07) is 13.5. The van der Waals surface area contributed by atoms with Gasteiger partial charge in [0.15, 0.2) is 5.65 Å². The number of nitrogens with two attached hydrogens (primary N) is 1. The van der Waals surface area contributed by atoms with Gasteiger partial charge in [0.25, 0.3) is 0 Å². The topological polar surface area (TPSA) is 117 Å². The minimum absolute atomic E-state index is 0.119. The first-order valence-electron chi connectivity index (χ1n) is 12.1. The van der Waals surface area contributed by atoms with Gasteiger partial charge in [0, 0.05) is 29.3 Å². The number of pyridine rings is 1. The van der Waals surface area contributed by atoms with Crippen molar-refractivity contribution in [3.05, 3.63) is 82.5 Å². The van der Waals surface area contributed by atoms with Gasteiger partial charge in [-0.15, -0.1) is 0 Å². The van der Waals surface area contributed by atoms with Crippen molar-refractivity contribution >= 4 is 21.2 Å². The molecule has 9 heteroatoms. The van der Waals surface area contributed by atoms with Crippen molar-refractivity contribution in [2.75, 3.05) is 0 Å². The smallest absolute Gasteiger partial charge is 0.238 e. The zero-order valence-corrected chi connectivity index (χ0v) is 22.3. The number of aryl methyl sites for hydroxylation is 3. The summed E-state index contributed by atoms with van der Waals surface area (Å²) >= 11 is 0. The first kappa shape index (κ1) is 24.9. The Morgan fingerprint density at radius 2 is 1.68 bits per heavy atom. The predicted octanol–water partition coefficient (Wildman–Crippen LogP) is 5.25. The molecule has 0 bridgehead atoms. The maximum Gasteiger partial charge on any atom is 0.238 e. The Morgan fingerprint density at radius 3 is 2.30 bits per heavy atom. The molecule has 0 aliphatic carbocycles. The van der Waals surface area contributed by atoms with E-state index >= 15 is 0 Å². The van der Waals surface area contributed by atoms with Gasteiger partial charge in [-0.1, -0.05) is 36.3 Å². The zero-order chi connectivity index (χ0) is 26.5. The molecular weight excluding hydrogens is 486 g/mol. The molecule has 5 aromatic rings. The van der Waals surface area contributed by atoms with Crippen LogP contribution in [0.25, 0.3) is 33.5 Å². The van der Waals surface area contributed by atoms with Crippen molar-refractivity contribution in [1.82, 2.24) is 19.7 Å². The summed E-state index contributed by atoms with van der Waals surface area (Å²) in [5, 5.41) is 9.74. The molecule has 3 heterocycles. The third-order valence-corrected chi connectivity index (χ3v) is 7.96. The molecular formula is C28H29N5O3S. The lowest BCUT2D eigenvalue weighted by molar-refractivity contribution is 0.422. The minimum Gasteiger partial charge on any atom is -0.364 e. The Hall–Kier alpha value is -3.82. The fourth-order valence-electron chi connectivity index (χ4n) is 4.95. The van der Waals surface area contributed by atoms with Crippen LogP contribution in [0.2, 0.25) is 0 Å². The molecule has 5 rings (SSSR count). The van der Waals surface area contributed by atoms with E-state index in [-0.39, 0.29) is 4.90 Å². The molecule has 2 aromatic carbocycles. The van der Waals surface area contributed by atoms with Crippen LogP contribution in [0.1, 0.15) is 40.7 Å². The van der Waals surface area contributed by atoms with Crippen molar-refractivity contribution in [2.24, 2.45) is 5.14 Å². The fraction of sp³-hybridized carbons (Fsp3) is 0.250. The number of rotatable bonds is 6. The Kier molecular flexibility index (Phi) is 6.21. The number of imidazole rings is 1. The predicted molar refractivity (Wildman–Crippen MR) is 144 cm³/mol. The van der Waals surface area contributed by atoms with E-state index in [0.717, 1.165) is 56.9 Å². The van der Waals surface area contributed by atoms with E-state index in [1.54, 1.807) is 13.0 Å². The molecule has 0 unspecified atom stereocenters. The SMILES string of the molecule is CCc1nc2c(C)cc(C)nc2n1Cc1ccc(-c2cc(-c3ccon3)c(C)c(C)c2S(N)(=O)=O)cc1. The van der Waals surface area contributed by atoms with Crippen molar-refractivity contribution in [2.45, 2.75) is 52.5 Å². The van der Waals surface area contributed by atoms with Gasteiger partial charge >= 0.3 is 0 Å². The molecule has 0 saturated carbocycles. The van der Waals surface area contributed by atoms with Crippen LogP contribution < -0.4 is 5.14 Å². The Bertz CT molecular complexity index is 1740. The number of primary sulfonamides is 1. The molecule has 8 nitrogen and oxygen atoms in total. The highest BCUT2D eigenvalue weighted by molar-refractivity contribution is 7.89. The lowest BCUT2D eigenvalue weighted by Crippen LogP contribution is -2.16. The van der Waals surface area contributed by atoms with Gasteiger partial charge in [0.1, 0.15) is 23.3 Å². The summed E-state index contributed by atoms with van der Waals surface area (Å²) in [6.45, 7) is 10.4. The number of aromatic nitrogens is 4. The molecule has 0 atom stereocenters. The second-order valence-corrected chi connectivity index (χ2v) is 10.9. The number of benzene rings is 2. The molecule has 2 N–H and O–H groups in total. The Labute approximate surface area is 216 Å². The molecule has 0 aliphatic rings. The van der Waals surface area contributed by atoms with Gasteiger partial charge in [-0.25, -0.2) is 23.5 Å². The summed E-state index contributed by atoms with van der Waals surface area (Å²) in [6.07, 6.45) is 2.28. The summed E-state index contributed by atoms with van der Waals surface area (Å²) in [7, 11) is -3.98. The first-order valence-corrected chi connectivity index (χ1v) is 13.6. The van der Waals surface area contributed by atoms with Crippen LogP contribution in [-0.4, -0.2) is 28.1 Å².